The zero-order valence-corrected chi connectivity index (χ0v) is 21.6. The van der Waals surface area contributed by atoms with Crippen LogP contribution in [0.15, 0.2) is 53.0 Å². The van der Waals surface area contributed by atoms with Crippen LogP contribution in [0.25, 0.3) is 0 Å². The second-order valence-corrected chi connectivity index (χ2v) is 11.4. The van der Waals surface area contributed by atoms with Crippen LogP contribution in [0, 0.1) is 5.82 Å². The molecule has 0 aromatic heterocycles. The van der Waals surface area contributed by atoms with Crippen LogP contribution >= 0.6 is 15.9 Å². The molecule has 0 spiro atoms. The molecule has 10 heteroatoms. The molecule has 1 unspecified atom stereocenters. The first-order valence-electron chi connectivity index (χ1n) is 11.1. The van der Waals surface area contributed by atoms with Crippen molar-refractivity contribution < 1.29 is 22.4 Å². The van der Waals surface area contributed by atoms with Crippen LogP contribution in [0.5, 0.6) is 0 Å². The lowest BCUT2D eigenvalue weighted by molar-refractivity contribution is -0.139. The Labute approximate surface area is 208 Å². The lowest BCUT2D eigenvalue weighted by Crippen LogP contribution is -2.52. The molecule has 34 heavy (non-hydrogen) atoms. The number of nitrogens with zero attached hydrogens (tertiary/aromatic N) is 2. The van der Waals surface area contributed by atoms with Gasteiger partial charge in [-0.15, -0.1) is 0 Å². The van der Waals surface area contributed by atoms with Crippen molar-refractivity contribution in [2.75, 3.05) is 17.1 Å². The van der Waals surface area contributed by atoms with Gasteiger partial charge in [-0.05, 0) is 55.7 Å². The lowest BCUT2D eigenvalue weighted by Gasteiger charge is -2.32. The van der Waals surface area contributed by atoms with Gasteiger partial charge in [0, 0.05) is 17.1 Å². The molecule has 1 aliphatic rings. The van der Waals surface area contributed by atoms with Crippen molar-refractivity contribution in [2.45, 2.75) is 51.2 Å². The summed E-state index contributed by atoms with van der Waals surface area (Å²) in [5.74, 6) is -1.24. The number of carbonyl (C=O) groups is 2. The van der Waals surface area contributed by atoms with Crippen molar-refractivity contribution in [1.82, 2.24) is 10.2 Å². The molecule has 0 bridgehead atoms. The third-order valence-corrected chi connectivity index (χ3v) is 7.54. The van der Waals surface area contributed by atoms with Gasteiger partial charge in [0.2, 0.25) is 21.8 Å². The number of anilines is 1. The second kappa shape index (κ2) is 11.3. The van der Waals surface area contributed by atoms with Gasteiger partial charge in [-0.25, -0.2) is 12.8 Å². The van der Waals surface area contributed by atoms with Crippen molar-refractivity contribution in [2.24, 2.45) is 0 Å². The van der Waals surface area contributed by atoms with Crippen LogP contribution in [0.2, 0.25) is 0 Å². The number of sulfonamides is 1. The molecule has 7 nitrogen and oxygen atoms in total. The number of carbonyl (C=O) groups excluding carboxylic acids is 2. The highest BCUT2D eigenvalue weighted by molar-refractivity contribution is 9.10. The summed E-state index contributed by atoms with van der Waals surface area (Å²) < 4.78 is 40.2. The smallest absolute Gasteiger partial charge is 0.244 e. The number of hydrogen-bond donors (Lipinski definition) is 1. The van der Waals surface area contributed by atoms with Gasteiger partial charge in [-0.2, -0.15) is 0 Å². The van der Waals surface area contributed by atoms with Gasteiger partial charge < -0.3 is 10.2 Å². The summed E-state index contributed by atoms with van der Waals surface area (Å²) in [4.78, 5) is 27.8. The average molecular weight is 554 g/mol. The van der Waals surface area contributed by atoms with Crippen molar-refractivity contribution in [3.8, 4) is 0 Å². The van der Waals surface area contributed by atoms with Crippen molar-refractivity contribution in [3.63, 3.8) is 0 Å². The third kappa shape index (κ3) is 7.02. The summed E-state index contributed by atoms with van der Waals surface area (Å²) in [6.45, 7) is 1.18. The topological polar surface area (TPSA) is 86.8 Å². The van der Waals surface area contributed by atoms with E-state index in [1.807, 2.05) is 0 Å². The van der Waals surface area contributed by atoms with Crippen molar-refractivity contribution >= 4 is 43.5 Å². The van der Waals surface area contributed by atoms with Crippen LogP contribution in [-0.4, -0.2) is 50.0 Å². The van der Waals surface area contributed by atoms with E-state index in [-0.39, 0.29) is 18.5 Å². The molecular weight excluding hydrogens is 525 g/mol. The van der Waals surface area contributed by atoms with Crippen molar-refractivity contribution in [1.29, 1.82) is 0 Å². The summed E-state index contributed by atoms with van der Waals surface area (Å²) in [6.07, 6.45) is 4.92. The Morgan fingerprint density at radius 2 is 1.79 bits per heavy atom. The summed E-state index contributed by atoms with van der Waals surface area (Å²) in [6, 6.07) is 11.5. The predicted octanol–water partition coefficient (Wildman–Crippen LogP) is 3.83. The Hall–Kier alpha value is -2.46. The highest BCUT2D eigenvalue weighted by Crippen LogP contribution is 2.23. The first-order chi connectivity index (χ1) is 16.0. The minimum Gasteiger partial charge on any atom is -0.352 e. The molecular formula is C24H29BrFN3O4S. The Kier molecular flexibility index (Phi) is 8.70. The molecule has 2 aromatic carbocycles. The van der Waals surface area contributed by atoms with Crippen LogP contribution in [-0.2, 0) is 26.2 Å². The van der Waals surface area contributed by atoms with Crippen LogP contribution in [0.1, 0.15) is 38.2 Å². The van der Waals surface area contributed by atoms with E-state index in [2.05, 4.69) is 21.2 Å². The van der Waals surface area contributed by atoms with Gasteiger partial charge in [0.25, 0.3) is 0 Å². The highest BCUT2D eigenvalue weighted by atomic mass is 79.9. The van der Waals surface area contributed by atoms with E-state index in [9.17, 15) is 22.4 Å². The Bertz CT molecular complexity index is 1120. The second-order valence-electron chi connectivity index (χ2n) is 8.56. The van der Waals surface area contributed by atoms with E-state index in [0.29, 0.717) is 15.7 Å². The molecule has 1 atom stereocenters. The fraction of sp³-hybridized carbons (Fsp3) is 0.417. The monoisotopic (exact) mass is 553 g/mol. The molecule has 2 amide bonds. The van der Waals surface area contributed by atoms with Crippen LogP contribution in [0.3, 0.4) is 0 Å². The van der Waals surface area contributed by atoms with Gasteiger partial charge in [0.15, 0.2) is 0 Å². The zero-order valence-electron chi connectivity index (χ0n) is 19.2. The van der Waals surface area contributed by atoms with E-state index in [0.717, 1.165) is 36.2 Å². The molecule has 3 rings (SSSR count). The van der Waals surface area contributed by atoms with E-state index >= 15 is 0 Å². The molecule has 1 N–H and O–H groups in total. The van der Waals surface area contributed by atoms with Gasteiger partial charge in [-0.3, -0.25) is 13.9 Å². The number of amides is 2. The quantitative estimate of drug-likeness (QED) is 0.511. The maximum absolute atomic E-state index is 13.5. The standard InChI is InChI=1S/C24H29BrFN3O4S/c1-17(24(31)27-21-7-3-4-8-21)28(15-18-10-12-20(26)13-11-18)23(30)16-29(34(2,32)33)22-9-5-6-19(25)14-22/h5-6,9-14,17,21H,3-4,7-8,15-16H2,1-2H3,(H,27,31). The zero-order chi connectivity index (χ0) is 24.9. The number of rotatable bonds is 9. The molecule has 0 aliphatic heterocycles. The Balaban J connectivity index is 1.87. The summed E-state index contributed by atoms with van der Waals surface area (Å²) in [7, 11) is -3.79. The molecule has 0 radical (unpaired) electrons. The predicted molar refractivity (Wildman–Crippen MR) is 133 cm³/mol. The van der Waals surface area contributed by atoms with Gasteiger partial charge >= 0.3 is 0 Å². The van der Waals surface area contributed by atoms with Crippen LogP contribution in [0.4, 0.5) is 10.1 Å². The SMILES string of the molecule is CC(C(=O)NC1CCCC1)N(Cc1ccc(F)cc1)C(=O)CN(c1cccc(Br)c1)S(C)(=O)=O. The van der Waals surface area contributed by atoms with E-state index in [1.165, 1.54) is 17.0 Å². The molecule has 2 aromatic rings. The van der Waals surface area contributed by atoms with Crippen LogP contribution < -0.4 is 9.62 Å². The van der Waals surface area contributed by atoms with E-state index in [4.69, 9.17) is 0 Å². The molecule has 1 saturated carbocycles. The largest absolute Gasteiger partial charge is 0.352 e. The minimum atomic E-state index is -3.79. The lowest BCUT2D eigenvalue weighted by atomic mass is 10.1. The fourth-order valence-electron chi connectivity index (χ4n) is 4.01. The molecule has 1 aliphatic carbocycles. The third-order valence-electron chi connectivity index (χ3n) is 5.91. The first kappa shape index (κ1) is 26.2. The van der Waals surface area contributed by atoms with Crippen molar-refractivity contribution in [3.05, 3.63) is 64.4 Å². The fourth-order valence-corrected chi connectivity index (χ4v) is 5.23. The first-order valence-corrected chi connectivity index (χ1v) is 13.8. The van der Waals surface area contributed by atoms with E-state index in [1.54, 1.807) is 43.3 Å². The number of halogens is 2. The summed E-state index contributed by atoms with van der Waals surface area (Å²) in [5, 5.41) is 3.00. The molecule has 184 valence electrons. The number of benzene rings is 2. The summed E-state index contributed by atoms with van der Waals surface area (Å²) >= 11 is 3.33. The summed E-state index contributed by atoms with van der Waals surface area (Å²) in [5.41, 5.74) is 0.957. The van der Waals surface area contributed by atoms with Gasteiger partial charge in [-0.1, -0.05) is 47.0 Å². The minimum absolute atomic E-state index is 0.0362. The molecule has 0 saturated heterocycles. The maximum atomic E-state index is 13.5. The molecule has 1 fully saturated rings. The van der Waals surface area contributed by atoms with E-state index < -0.39 is 34.3 Å². The average Bonchev–Trinajstić information content (AvgIpc) is 3.28. The molecule has 0 heterocycles. The normalized spacial score (nSPS) is 15.1. The maximum Gasteiger partial charge on any atom is 0.244 e. The Morgan fingerprint density at radius 3 is 2.38 bits per heavy atom. The Morgan fingerprint density at radius 1 is 1.15 bits per heavy atom. The number of nitrogens with one attached hydrogen (secondary N) is 1. The highest BCUT2D eigenvalue weighted by Gasteiger charge is 2.31. The van der Waals surface area contributed by atoms with Gasteiger partial charge in [0.05, 0.1) is 11.9 Å². The number of hydrogen-bond acceptors (Lipinski definition) is 4. The van der Waals surface area contributed by atoms with Gasteiger partial charge in [0.1, 0.15) is 18.4 Å².